The minimum Gasteiger partial charge on any atom is -0.339 e. The first-order valence-electron chi connectivity index (χ1n) is 8.50. The van der Waals surface area contributed by atoms with Gasteiger partial charge in [0.15, 0.2) is 5.82 Å². The van der Waals surface area contributed by atoms with Crippen LogP contribution in [0.3, 0.4) is 0 Å². The lowest BCUT2D eigenvalue weighted by Gasteiger charge is -2.13. The van der Waals surface area contributed by atoms with Gasteiger partial charge in [0, 0.05) is 42.6 Å². The zero-order chi connectivity index (χ0) is 20.2. The van der Waals surface area contributed by atoms with Gasteiger partial charge in [0.2, 0.25) is 17.2 Å². The van der Waals surface area contributed by atoms with Gasteiger partial charge in [-0.2, -0.15) is 4.98 Å². The predicted octanol–water partition coefficient (Wildman–Crippen LogP) is 3.49. The molecule has 4 N–H and O–H groups in total. The average Bonchev–Trinajstić information content (AvgIpc) is 3.17. The minimum absolute atomic E-state index is 0.199. The summed E-state index contributed by atoms with van der Waals surface area (Å²) < 4.78 is 24.2. The first kappa shape index (κ1) is 19.3. The molecule has 0 aliphatic carbocycles. The summed E-state index contributed by atoms with van der Waals surface area (Å²) in [5, 5.41) is 6.63. The molecule has 4 rings (SSSR count). The Morgan fingerprint density at radius 2 is 2.00 bits per heavy atom. The molecule has 1 atom stereocenters. The SMILES string of the molecule is O=S(O)NCc1ccccc1Nc1nc(Nc2ccn3ccnc3c2)ncc1Cl. The molecule has 11 heteroatoms. The van der Waals surface area contributed by atoms with Gasteiger partial charge in [-0.15, -0.1) is 0 Å². The molecule has 0 aliphatic rings. The van der Waals surface area contributed by atoms with Gasteiger partial charge in [-0.25, -0.2) is 18.9 Å². The number of para-hydroxylation sites is 1. The summed E-state index contributed by atoms with van der Waals surface area (Å²) in [5.74, 6) is 0.767. The van der Waals surface area contributed by atoms with Gasteiger partial charge in [0.05, 0.1) is 6.20 Å². The largest absolute Gasteiger partial charge is 0.339 e. The molecule has 3 aromatic heterocycles. The van der Waals surface area contributed by atoms with Crippen molar-refractivity contribution >= 4 is 51.7 Å². The van der Waals surface area contributed by atoms with E-state index in [-0.39, 0.29) is 6.54 Å². The molecule has 148 valence electrons. The second-order valence-corrected chi connectivity index (χ2v) is 7.17. The molecule has 0 saturated carbocycles. The normalized spacial score (nSPS) is 12.1. The Kier molecular flexibility index (Phi) is 5.67. The maximum Gasteiger partial charge on any atom is 0.232 e. The van der Waals surface area contributed by atoms with E-state index in [0.717, 1.165) is 16.9 Å². The maximum absolute atomic E-state index is 10.9. The van der Waals surface area contributed by atoms with E-state index in [0.29, 0.717) is 22.5 Å². The van der Waals surface area contributed by atoms with Crippen LogP contribution in [0.4, 0.5) is 23.1 Å². The summed E-state index contributed by atoms with van der Waals surface area (Å²) in [6.07, 6.45) is 6.96. The van der Waals surface area contributed by atoms with E-state index in [9.17, 15) is 4.21 Å². The van der Waals surface area contributed by atoms with Gasteiger partial charge in [-0.1, -0.05) is 29.8 Å². The molecule has 29 heavy (non-hydrogen) atoms. The third-order valence-electron chi connectivity index (χ3n) is 4.05. The van der Waals surface area contributed by atoms with Crippen LogP contribution >= 0.6 is 11.6 Å². The Balaban J connectivity index is 1.56. The van der Waals surface area contributed by atoms with E-state index >= 15 is 0 Å². The third-order valence-corrected chi connectivity index (χ3v) is 4.72. The van der Waals surface area contributed by atoms with Crippen LogP contribution in [0.15, 0.2) is 61.2 Å². The molecule has 3 heterocycles. The van der Waals surface area contributed by atoms with Crippen molar-refractivity contribution in [3.8, 4) is 0 Å². The molecule has 0 saturated heterocycles. The number of halogens is 1. The minimum atomic E-state index is -2.10. The van der Waals surface area contributed by atoms with Crippen LogP contribution < -0.4 is 15.4 Å². The Bertz CT molecular complexity index is 1180. The fourth-order valence-electron chi connectivity index (χ4n) is 2.70. The molecule has 0 amide bonds. The summed E-state index contributed by atoms with van der Waals surface area (Å²) in [5.41, 5.74) is 3.07. The monoisotopic (exact) mass is 429 g/mol. The van der Waals surface area contributed by atoms with Crippen LogP contribution in [0.25, 0.3) is 5.65 Å². The second-order valence-electron chi connectivity index (χ2n) is 5.98. The number of rotatable bonds is 7. The van der Waals surface area contributed by atoms with Crippen LogP contribution in [0.5, 0.6) is 0 Å². The van der Waals surface area contributed by atoms with Gasteiger partial charge in [-0.05, 0) is 17.7 Å². The first-order valence-corrected chi connectivity index (χ1v) is 9.98. The number of benzene rings is 1. The Hall–Kier alpha value is -3.05. The highest BCUT2D eigenvalue weighted by Gasteiger charge is 2.10. The van der Waals surface area contributed by atoms with Crippen molar-refractivity contribution in [1.29, 1.82) is 0 Å². The lowest BCUT2D eigenvalue weighted by molar-refractivity contribution is 0.549. The zero-order valence-electron chi connectivity index (χ0n) is 14.9. The van der Waals surface area contributed by atoms with E-state index < -0.39 is 11.3 Å². The molecular weight excluding hydrogens is 414 g/mol. The van der Waals surface area contributed by atoms with Crippen LogP contribution in [-0.2, 0) is 17.8 Å². The van der Waals surface area contributed by atoms with E-state index in [1.165, 1.54) is 6.20 Å². The number of fused-ring (bicyclic) bond motifs is 1. The summed E-state index contributed by atoms with van der Waals surface area (Å²) in [7, 11) is 0. The van der Waals surface area contributed by atoms with Crippen molar-refractivity contribution in [2.45, 2.75) is 6.54 Å². The zero-order valence-corrected chi connectivity index (χ0v) is 16.5. The number of aromatic nitrogens is 4. The molecule has 1 aromatic carbocycles. The van der Waals surface area contributed by atoms with Gasteiger partial charge in [0.25, 0.3) is 0 Å². The van der Waals surface area contributed by atoms with Gasteiger partial charge < -0.3 is 15.0 Å². The van der Waals surface area contributed by atoms with Gasteiger partial charge >= 0.3 is 0 Å². The number of nitrogens with zero attached hydrogens (tertiary/aromatic N) is 4. The summed E-state index contributed by atoms with van der Waals surface area (Å²) in [4.78, 5) is 12.9. The molecule has 1 unspecified atom stereocenters. The van der Waals surface area contributed by atoms with Crippen LogP contribution in [0, 0.1) is 0 Å². The number of nitrogens with one attached hydrogen (secondary N) is 3. The highest BCUT2D eigenvalue weighted by molar-refractivity contribution is 7.77. The second kappa shape index (κ2) is 8.53. The standard InChI is InChI=1S/C18H16ClN7O2S/c19-14-11-21-18(23-13-5-7-26-8-6-20-16(26)9-13)25-17(14)24-15-4-2-1-3-12(15)10-22-29(27)28/h1-9,11,22H,10H2,(H,27,28)(H2,21,23,24,25). The van der Waals surface area contributed by atoms with E-state index in [2.05, 4.69) is 30.3 Å². The number of hydrogen-bond acceptors (Lipinski definition) is 6. The van der Waals surface area contributed by atoms with E-state index in [1.54, 1.807) is 6.20 Å². The maximum atomic E-state index is 10.9. The molecule has 4 aromatic rings. The molecule has 9 nitrogen and oxygen atoms in total. The van der Waals surface area contributed by atoms with Crippen LogP contribution in [0.1, 0.15) is 5.56 Å². The summed E-state index contributed by atoms with van der Waals surface area (Å²) in [6, 6.07) is 11.1. The van der Waals surface area contributed by atoms with Crippen molar-refractivity contribution in [3.63, 3.8) is 0 Å². The van der Waals surface area contributed by atoms with E-state index in [4.69, 9.17) is 16.2 Å². The molecule has 0 fully saturated rings. The van der Waals surface area contributed by atoms with E-state index in [1.807, 2.05) is 53.2 Å². The average molecular weight is 430 g/mol. The van der Waals surface area contributed by atoms with Crippen LogP contribution in [-0.4, -0.2) is 28.1 Å². The number of hydrogen-bond donors (Lipinski definition) is 4. The van der Waals surface area contributed by atoms with Gasteiger partial charge in [-0.3, -0.25) is 4.55 Å². The van der Waals surface area contributed by atoms with Crippen LogP contribution in [0.2, 0.25) is 5.02 Å². The molecule has 0 aliphatic heterocycles. The Morgan fingerprint density at radius 1 is 1.14 bits per heavy atom. The predicted molar refractivity (Wildman–Crippen MR) is 113 cm³/mol. The fourth-order valence-corrected chi connectivity index (χ4v) is 3.11. The van der Waals surface area contributed by atoms with Crippen molar-refractivity contribution in [1.82, 2.24) is 24.1 Å². The molecule has 0 bridgehead atoms. The highest BCUT2D eigenvalue weighted by atomic mass is 35.5. The summed E-state index contributed by atoms with van der Waals surface area (Å²) in [6.45, 7) is 0.199. The van der Waals surface area contributed by atoms with Crippen molar-refractivity contribution in [2.24, 2.45) is 0 Å². The Labute approximate surface area is 173 Å². The Morgan fingerprint density at radius 3 is 2.86 bits per heavy atom. The quantitative estimate of drug-likeness (QED) is 0.332. The van der Waals surface area contributed by atoms with Crippen molar-refractivity contribution < 1.29 is 8.76 Å². The first-order chi connectivity index (χ1) is 14.1. The smallest absolute Gasteiger partial charge is 0.232 e. The molecular formula is C18H16ClN7O2S. The van der Waals surface area contributed by atoms with Crippen molar-refractivity contribution in [3.05, 3.63) is 71.8 Å². The lowest BCUT2D eigenvalue weighted by Crippen LogP contribution is -2.16. The molecule has 0 spiro atoms. The number of anilines is 4. The lowest BCUT2D eigenvalue weighted by atomic mass is 10.2. The topological polar surface area (TPSA) is 116 Å². The summed E-state index contributed by atoms with van der Waals surface area (Å²) >= 11 is 4.15. The number of pyridine rings is 1. The highest BCUT2D eigenvalue weighted by Crippen LogP contribution is 2.27. The number of imidazole rings is 1. The fraction of sp³-hybridized carbons (Fsp3) is 0.0556. The molecule has 0 radical (unpaired) electrons. The van der Waals surface area contributed by atoms with Crippen molar-refractivity contribution in [2.75, 3.05) is 10.6 Å². The van der Waals surface area contributed by atoms with Gasteiger partial charge in [0.1, 0.15) is 10.7 Å². The third kappa shape index (κ3) is 4.69.